The monoisotopic (exact) mass is 497 g/mol. The van der Waals surface area contributed by atoms with Gasteiger partial charge in [-0.25, -0.2) is 24.9 Å². The fourth-order valence-electron chi connectivity index (χ4n) is 5.02. The summed E-state index contributed by atoms with van der Waals surface area (Å²) >= 11 is 1.70. The van der Waals surface area contributed by atoms with Crippen molar-refractivity contribution in [3.8, 4) is 11.3 Å². The minimum absolute atomic E-state index is 0.000772. The molecule has 7 rings (SSSR count). The molecule has 0 spiro atoms. The van der Waals surface area contributed by atoms with Crippen LogP contribution in [0.5, 0.6) is 0 Å². The van der Waals surface area contributed by atoms with E-state index in [1.54, 1.807) is 11.3 Å². The van der Waals surface area contributed by atoms with Gasteiger partial charge < -0.3 is 4.74 Å². The quantitative estimate of drug-likeness (QED) is 0.310. The maximum absolute atomic E-state index is 6.17. The van der Waals surface area contributed by atoms with E-state index in [0.717, 1.165) is 62.9 Å². The molecule has 2 atom stereocenters. The van der Waals surface area contributed by atoms with Gasteiger partial charge in [0.1, 0.15) is 17.0 Å². The van der Waals surface area contributed by atoms with Gasteiger partial charge in [-0.1, -0.05) is 6.07 Å². The number of fused-ring (bicyclic) bond motifs is 2. The lowest BCUT2D eigenvalue weighted by Crippen LogP contribution is -2.20. The van der Waals surface area contributed by atoms with Crippen molar-refractivity contribution in [2.24, 2.45) is 0 Å². The molecule has 0 radical (unpaired) electrons. The van der Waals surface area contributed by atoms with Crippen LogP contribution in [0.15, 0.2) is 30.6 Å². The van der Waals surface area contributed by atoms with Crippen LogP contribution >= 0.6 is 11.3 Å². The van der Waals surface area contributed by atoms with Crippen molar-refractivity contribution in [1.82, 2.24) is 34.7 Å². The van der Waals surface area contributed by atoms with E-state index >= 15 is 0 Å². The van der Waals surface area contributed by atoms with Gasteiger partial charge in [0.05, 0.1) is 45.0 Å². The van der Waals surface area contributed by atoms with Gasteiger partial charge in [-0.3, -0.25) is 4.68 Å². The van der Waals surface area contributed by atoms with Gasteiger partial charge >= 0.3 is 0 Å². The van der Waals surface area contributed by atoms with Gasteiger partial charge in [-0.2, -0.15) is 5.10 Å². The van der Waals surface area contributed by atoms with Crippen LogP contribution in [0.2, 0.25) is 0 Å². The smallest absolute Gasteiger partial charge is 0.182 e. The molecule has 0 amide bonds. The Hall–Kier alpha value is -3.30. The van der Waals surface area contributed by atoms with Crippen molar-refractivity contribution < 1.29 is 4.74 Å². The Morgan fingerprint density at radius 2 is 1.83 bits per heavy atom. The summed E-state index contributed by atoms with van der Waals surface area (Å²) in [6.07, 6.45) is 8.25. The van der Waals surface area contributed by atoms with Crippen molar-refractivity contribution in [3.63, 3.8) is 0 Å². The van der Waals surface area contributed by atoms with Gasteiger partial charge in [0.2, 0.25) is 0 Å². The highest BCUT2D eigenvalue weighted by molar-refractivity contribution is 7.18. The third-order valence-electron chi connectivity index (χ3n) is 7.29. The molecule has 8 nitrogen and oxygen atoms in total. The van der Waals surface area contributed by atoms with E-state index in [1.165, 1.54) is 17.5 Å². The third kappa shape index (κ3) is 3.87. The zero-order chi connectivity index (χ0) is 24.4. The number of rotatable bonds is 4. The number of aryl methyl sites for hydroxylation is 3. The van der Waals surface area contributed by atoms with Gasteiger partial charge in [0.15, 0.2) is 5.65 Å². The Morgan fingerprint density at radius 3 is 2.69 bits per heavy atom. The average molecular weight is 498 g/mol. The van der Waals surface area contributed by atoms with Crippen molar-refractivity contribution in [1.29, 1.82) is 0 Å². The predicted molar refractivity (Wildman–Crippen MR) is 139 cm³/mol. The van der Waals surface area contributed by atoms with Gasteiger partial charge in [-0.15, -0.1) is 11.3 Å². The molecule has 5 heterocycles. The topological polar surface area (TPSA) is 91.5 Å². The number of aromatic nitrogens is 7. The molecule has 0 bridgehead atoms. The predicted octanol–water partition coefficient (Wildman–Crippen LogP) is 5.79. The van der Waals surface area contributed by atoms with Crippen LogP contribution in [0.1, 0.15) is 71.5 Å². The lowest BCUT2D eigenvalue weighted by molar-refractivity contribution is 0.00396. The Labute approximate surface area is 212 Å². The molecule has 5 aromatic rings. The molecule has 0 N–H and O–H groups in total. The minimum Gasteiger partial charge on any atom is -0.373 e. The first-order valence-electron chi connectivity index (χ1n) is 12.6. The highest BCUT2D eigenvalue weighted by Crippen LogP contribution is 2.40. The van der Waals surface area contributed by atoms with E-state index in [4.69, 9.17) is 29.7 Å². The lowest BCUT2D eigenvalue weighted by atomic mass is 9.92. The first-order chi connectivity index (χ1) is 17.5. The summed E-state index contributed by atoms with van der Waals surface area (Å²) in [7, 11) is 0. The number of hydrogen-bond acceptors (Lipinski definition) is 8. The van der Waals surface area contributed by atoms with E-state index in [-0.39, 0.29) is 12.0 Å². The van der Waals surface area contributed by atoms with Crippen LogP contribution in [-0.4, -0.2) is 41.3 Å². The summed E-state index contributed by atoms with van der Waals surface area (Å²) in [6, 6.07) is 6.91. The van der Waals surface area contributed by atoms with E-state index in [0.29, 0.717) is 18.3 Å². The first-order valence-corrected chi connectivity index (χ1v) is 13.4. The van der Waals surface area contributed by atoms with Crippen LogP contribution in [0.4, 0.5) is 0 Å². The summed E-state index contributed by atoms with van der Waals surface area (Å²) in [5.41, 5.74) is 7.11. The molecule has 1 aliphatic heterocycles. The fourth-order valence-corrected chi connectivity index (χ4v) is 5.83. The summed E-state index contributed by atoms with van der Waals surface area (Å²) in [4.78, 5) is 24.5. The van der Waals surface area contributed by atoms with Gasteiger partial charge in [0, 0.05) is 29.8 Å². The third-order valence-corrected chi connectivity index (χ3v) is 8.24. The average Bonchev–Trinajstić information content (AvgIpc) is 3.48. The number of hydrogen-bond donors (Lipinski definition) is 0. The molecular formula is C27H27N7OS. The zero-order valence-electron chi connectivity index (χ0n) is 20.6. The fraction of sp³-hybridized carbons (Fsp3) is 0.407. The molecule has 4 aromatic heterocycles. The van der Waals surface area contributed by atoms with Crippen molar-refractivity contribution >= 4 is 32.7 Å². The second kappa shape index (κ2) is 8.38. The molecule has 1 aromatic carbocycles. The van der Waals surface area contributed by atoms with Crippen LogP contribution in [-0.2, 0) is 4.74 Å². The Morgan fingerprint density at radius 1 is 0.972 bits per heavy atom. The van der Waals surface area contributed by atoms with Crippen LogP contribution < -0.4 is 0 Å². The number of benzene rings is 1. The Kier molecular flexibility index (Phi) is 5.11. The molecule has 1 saturated heterocycles. The van der Waals surface area contributed by atoms with Crippen LogP contribution in [0, 0.1) is 20.8 Å². The SMILES string of the molecule is Cc1nc2cc(-c3nc([C@H]4CCO[C@H](c5cnn(C6CC6)c5)C4)nc4nc(C)c(C)nc34)ccc2s1. The lowest BCUT2D eigenvalue weighted by Gasteiger charge is -2.28. The van der Waals surface area contributed by atoms with Gasteiger partial charge in [0.25, 0.3) is 0 Å². The molecule has 182 valence electrons. The van der Waals surface area contributed by atoms with Crippen molar-refractivity contribution in [2.75, 3.05) is 6.61 Å². The summed E-state index contributed by atoms with van der Waals surface area (Å²) < 4.78 is 9.43. The maximum Gasteiger partial charge on any atom is 0.182 e. The normalized spacial score (nSPS) is 20.4. The van der Waals surface area contributed by atoms with E-state index in [1.807, 2.05) is 27.0 Å². The summed E-state index contributed by atoms with van der Waals surface area (Å²) in [5.74, 6) is 0.984. The molecule has 1 saturated carbocycles. The molecule has 1 aliphatic carbocycles. The molecule has 2 aliphatic rings. The van der Waals surface area contributed by atoms with E-state index < -0.39 is 0 Å². The zero-order valence-corrected chi connectivity index (χ0v) is 21.4. The van der Waals surface area contributed by atoms with E-state index in [9.17, 15) is 0 Å². The van der Waals surface area contributed by atoms with Crippen molar-refractivity contribution in [3.05, 3.63) is 58.4 Å². The van der Waals surface area contributed by atoms with Gasteiger partial charge in [-0.05, 0) is 58.6 Å². The Bertz CT molecular complexity index is 1620. The number of nitrogens with zero attached hydrogens (tertiary/aromatic N) is 7. The first kappa shape index (κ1) is 21.9. The summed E-state index contributed by atoms with van der Waals surface area (Å²) in [6.45, 7) is 6.67. The van der Waals surface area contributed by atoms with Crippen LogP contribution in [0.3, 0.4) is 0 Å². The molecular weight excluding hydrogens is 470 g/mol. The molecule has 36 heavy (non-hydrogen) atoms. The number of thiazole rings is 1. The highest BCUT2D eigenvalue weighted by Gasteiger charge is 2.31. The minimum atomic E-state index is -0.000772. The molecule has 9 heteroatoms. The second-order valence-corrected chi connectivity index (χ2v) is 11.2. The number of ether oxygens (including phenoxy) is 1. The summed E-state index contributed by atoms with van der Waals surface area (Å²) in [5, 5.41) is 5.63. The van der Waals surface area contributed by atoms with Crippen LogP contribution in [0.25, 0.3) is 32.6 Å². The Balaban J connectivity index is 1.30. The highest BCUT2D eigenvalue weighted by atomic mass is 32.1. The maximum atomic E-state index is 6.17. The second-order valence-electron chi connectivity index (χ2n) is 9.98. The van der Waals surface area contributed by atoms with E-state index in [2.05, 4.69) is 34.2 Å². The molecule has 2 fully saturated rings. The largest absolute Gasteiger partial charge is 0.373 e. The standard InChI is InChI=1S/C27H27N7OS/c1-14-15(2)30-27-25(29-14)24(17-4-7-23-21(10-17)31-16(3)36-23)32-26(33-27)18-8-9-35-22(11-18)19-12-28-34(13-19)20-5-6-20/h4,7,10,12-13,18,20,22H,5-6,8-9,11H2,1-3H3/t18-,22-/m0/s1. The molecule has 0 unspecified atom stereocenters. The van der Waals surface area contributed by atoms with Crippen molar-refractivity contribution in [2.45, 2.75) is 64.5 Å².